The molecule has 7 heteroatoms. The summed E-state index contributed by atoms with van der Waals surface area (Å²) < 4.78 is 0. The largest absolute Gasteiger partial charge is 0.337 e. The predicted octanol–water partition coefficient (Wildman–Crippen LogP) is 5.37. The lowest BCUT2D eigenvalue weighted by atomic mass is 10.1. The van der Waals surface area contributed by atoms with E-state index in [2.05, 4.69) is 12.1 Å². The molecule has 0 saturated carbocycles. The molecule has 0 aliphatic carbocycles. The molecule has 2 heterocycles. The number of thioether (sulfide) groups is 2. The molecular formula is C20H18ClN3OS2. The zero-order chi connectivity index (χ0) is 19.1. The van der Waals surface area contributed by atoms with Crippen LogP contribution in [0.5, 0.6) is 0 Å². The predicted molar refractivity (Wildman–Crippen MR) is 115 cm³/mol. The van der Waals surface area contributed by atoms with Crippen LogP contribution < -0.4 is 4.90 Å². The van der Waals surface area contributed by atoms with E-state index in [9.17, 15) is 4.79 Å². The van der Waals surface area contributed by atoms with Crippen molar-refractivity contribution in [3.05, 3.63) is 69.1 Å². The highest BCUT2D eigenvalue weighted by Crippen LogP contribution is 2.50. The lowest BCUT2D eigenvalue weighted by molar-refractivity contribution is -0.121. The fraction of sp³-hybridized carbons (Fsp3) is 0.200. The first kappa shape index (κ1) is 18.5. The Morgan fingerprint density at radius 3 is 2.52 bits per heavy atom. The van der Waals surface area contributed by atoms with Gasteiger partial charge in [-0.05, 0) is 42.4 Å². The second-order valence-corrected chi connectivity index (χ2v) is 8.82. The zero-order valence-electron chi connectivity index (χ0n) is 15.1. The number of hydrogen-bond acceptors (Lipinski definition) is 5. The SMILES string of the molecule is CC(N=C1S/C(=C2\Sc3ccc(Cl)cc3N2C)C(=O)N1C)c1ccccc1. The number of nitrogens with zero attached hydrogens (tertiary/aromatic N) is 3. The topological polar surface area (TPSA) is 35.9 Å². The van der Waals surface area contributed by atoms with E-state index in [1.54, 1.807) is 23.7 Å². The fourth-order valence-corrected chi connectivity index (χ4v) is 5.52. The standard InChI is InChI=1S/C20H18ClN3OS2/c1-12(13-7-5-4-6-8-13)22-20-24(3)18(25)17(27-20)19-23(2)15-11-14(21)9-10-16(15)26-19/h4-12H,1-3H3/b19-17-,22-20?. The van der Waals surface area contributed by atoms with Crippen molar-refractivity contribution in [2.24, 2.45) is 4.99 Å². The van der Waals surface area contributed by atoms with Crippen LogP contribution in [0.15, 0.2) is 68.4 Å². The van der Waals surface area contributed by atoms with E-state index in [1.165, 1.54) is 11.8 Å². The third-order valence-electron chi connectivity index (χ3n) is 4.55. The molecule has 4 rings (SSSR count). The maximum Gasteiger partial charge on any atom is 0.269 e. The van der Waals surface area contributed by atoms with Crippen LogP contribution in [0, 0.1) is 0 Å². The van der Waals surface area contributed by atoms with E-state index in [4.69, 9.17) is 16.6 Å². The molecule has 2 aromatic carbocycles. The van der Waals surface area contributed by atoms with Crippen LogP contribution in [0.4, 0.5) is 5.69 Å². The van der Waals surface area contributed by atoms with Gasteiger partial charge in [-0.25, -0.2) is 0 Å². The molecule has 2 aromatic rings. The maximum atomic E-state index is 12.9. The summed E-state index contributed by atoms with van der Waals surface area (Å²) >= 11 is 9.17. The molecular weight excluding hydrogens is 398 g/mol. The Morgan fingerprint density at radius 1 is 1.04 bits per heavy atom. The quantitative estimate of drug-likeness (QED) is 0.617. The first-order valence-electron chi connectivity index (χ1n) is 8.50. The number of hydrogen-bond donors (Lipinski definition) is 0. The molecule has 0 aromatic heterocycles. The van der Waals surface area contributed by atoms with Crippen molar-refractivity contribution >= 4 is 51.9 Å². The van der Waals surface area contributed by atoms with Crippen molar-refractivity contribution in [1.82, 2.24) is 4.90 Å². The summed E-state index contributed by atoms with van der Waals surface area (Å²) in [6.07, 6.45) is 0. The van der Waals surface area contributed by atoms with E-state index in [0.717, 1.165) is 26.3 Å². The third kappa shape index (κ3) is 3.37. The van der Waals surface area contributed by atoms with Crippen LogP contribution in [0.3, 0.4) is 0 Å². The number of fused-ring (bicyclic) bond motifs is 1. The molecule has 138 valence electrons. The van der Waals surface area contributed by atoms with E-state index in [1.807, 2.05) is 55.3 Å². The maximum absolute atomic E-state index is 12.9. The van der Waals surface area contributed by atoms with Gasteiger partial charge < -0.3 is 4.90 Å². The Morgan fingerprint density at radius 2 is 1.78 bits per heavy atom. The van der Waals surface area contributed by atoms with Crippen molar-refractivity contribution in [3.63, 3.8) is 0 Å². The van der Waals surface area contributed by atoms with Crippen molar-refractivity contribution in [1.29, 1.82) is 0 Å². The van der Waals surface area contributed by atoms with Crippen molar-refractivity contribution < 1.29 is 4.79 Å². The summed E-state index contributed by atoms with van der Waals surface area (Å²) in [7, 11) is 3.75. The molecule has 1 saturated heterocycles. The number of rotatable bonds is 2. The van der Waals surface area contributed by atoms with Gasteiger partial charge in [0.2, 0.25) is 0 Å². The van der Waals surface area contributed by atoms with Gasteiger partial charge in [-0.2, -0.15) is 0 Å². The highest BCUT2D eigenvalue weighted by atomic mass is 35.5. The van der Waals surface area contributed by atoms with Gasteiger partial charge in [0.1, 0.15) is 4.91 Å². The Hall–Kier alpha value is -1.89. The van der Waals surface area contributed by atoms with Gasteiger partial charge in [-0.1, -0.05) is 53.7 Å². The average Bonchev–Trinajstić information content (AvgIpc) is 3.14. The molecule has 4 nitrogen and oxygen atoms in total. The molecule has 1 fully saturated rings. The van der Waals surface area contributed by atoms with Crippen molar-refractivity contribution in [2.75, 3.05) is 19.0 Å². The molecule has 1 unspecified atom stereocenters. The fourth-order valence-electron chi connectivity index (χ4n) is 2.98. The summed E-state index contributed by atoms with van der Waals surface area (Å²) in [5, 5.41) is 2.34. The smallest absolute Gasteiger partial charge is 0.269 e. The zero-order valence-corrected chi connectivity index (χ0v) is 17.5. The van der Waals surface area contributed by atoms with Crippen LogP contribution in [0.1, 0.15) is 18.5 Å². The first-order valence-corrected chi connectivity index (χ1v) is 10.5. The molecule has 27 heavy (non-hydrogen) atoms. The summed E-state index contributed by atoms with van der Waals surface area (Å²) in [4.78, 5) is 23.1. The number of halogens is 1. The Bertz CT molecular complexity index is 974. The van der Waals surface area contributed by atoms with Gasteiger partial charge in [0, 0.05) is 24.0 Å². The Labute approximate surface area is 172 Å². The molecule has 0 radical (unpaired) electrons. The first-order chi connectivity index (χ1) is 13.0. The normalized spacial score (nSPS) is 21.9. The van der Waals surface area contributed by atoms with Crippen molar-refractivity contribution in [3.8, 4) is 0 Å². The minimum Gasteiger partial charge on any atom is -0.337 e. The van der Waals surface area contributed by atoms with Gasteiger partial charge in [0.05, 0.1) is 16.8 Å². The summed E-state index contributed by atoms with van der Waals surface area (Å²) in [5.41, 5.74) is 2.15. The van der Waals surface area contributed by atoms with Gasteiger partial charge in [-0.15, -0.1) is 0 Å². The number of amidine groups is 1. The molecule has 2 aliphatic rings. The monoisotopic (exact) mass is 415 g/mol. The van der Waals surface area contributed by atoms with Crippen molar-refractivity contribution in [2.45, 2.75) is 17.9 Å². The minimum atomic E-state index is -0.0211. The number of amides is 1. The molecule has 0 bridgehead atoms. The number of benzene rings is 2. The number of likely N-dealkylation sites (N-methyl/N-ethyl adjacent to an activating group) is 1. The third-order valence-corrected chi connectivity index (χ3v) is 7.29. The Kier molecular flexibility index (Phi) is 4.97. The van der Waals surface area contributed by atoms with Crippen LogP contribution >= 0.6 is 35.1 Å². The van der Waals surface area contributed by atoms with Crippen LogP contribution in [-0.2, 0) is 4.79 Å². The van der Waals surface area contributed by atoms with E-state index < -0.39 is 0 Å². The lowest BCUT2D eigenvalue weighted by Crippen LogP contribution is -2.25. The second-order valence-electron chi connectivity index (χ2n) is 6.37. The molecule has 2 aliphatic heterocycles. The van der Waals surface area contributed by atoms with Crippen LogP contribution in [0.2, 0.25) is 5.02 Å². The second kappa shape index (κ2) is 7.26. The summed E-state index contributed by atoms with van der Waals surface area (Å²) in [5.74, 6) is -0.0211. The van der Waals surface area contributed by atoms with Gasteiger partial charge >= 0.3 is 0 Å². The molecule has 0 spiro atoms. The van der Waals surface area contributed by atoms with Gasteiger partial charge in [-0.3, -0.25) is 14.7 Å². The number of anilines is 1. The van der Waals surface area contributed by atoms with Crippen LogP contribution in [-0.4, -0.2) is 30.1 Å². The number of carbonyl (C=O) groups excluding carboxylic acids is 1. The van der Waals surface area contributed by atoms with E-state index in [-0.39, 0.29) is 11.9 Å². The minimum absolute atomic E-state index is 0.0155. The molecule has 1 amide bonds. The number of aliphatic imine (C=N–C) groups is 1. The summed E-state index contributed by atoms with van der Waals surface area (Å²) in [6, 6.07) is 15.9. The lowest BCUT2D eigenvalue weighted by Gasteiger charge is -2.14. The van der Waals surface area contributed by atoms with Gasteiger partial charge in [0.25, 0.3) is 5.91 Å². The Balaban J connectivity index is 1.66. The summed E-state index contributed by atoms with van der Waals surface area (Å²) in [6.45, 7) is 2.04. The van der Waals surface area contributed by atoms with E-state index >= 15 is 0 Å². The highest BCUT2D eigenvalue weighted by Gasteiger charge is 2.37. The number of carbonyl (C=O) groups is 1. The molecule has 0 N–H and O–H groups in total. The van der Waals surface area contributed by atoms with Gasteiger partial charge in [0.15, 0.2) is 5.17 Å². The van der Waals surface area contributed by atoms with Crippen LogP contribution in [0.25, 0.3) is 0 Å². The molecule has 1 atom stereocenters. The highest BCUT2D eigenvalue weighted by molar-refractivity contribution is 8.19. The average molecular weight is 416 g/mol. The van der Waals surface area contributed by atoms with E-state index in [0.29, 0.717) is 9.93 Å².